The fraction of sp³-hybridized carbons (Fsp3) is 0.600. The van der Waals surface area contributed by atoms with Gasteiger partial charge in [-0.15, -0.1) is 0 Å². The summed E-state index contributed by atoms with van der Waals surface area (Å²) in [4.78, 5) is 28.0. The van der Waals surface area contributed by atoms with E-state index in [2.05, 4.69) is 5.32 Å². The zero-order chi connectivity index (χ0) is 19.4. The van der Waals surface area contributed by atoms with Crippen LogP contribution in [0, 0.1) is 17.6 Å². The minimum absolute atomic E-state index is 0.0143. The van der Waals surface area contributed by atoms with Crippen molar-refractivity contribution in [2.45, 2.75) is 45.4 Å². The number of hydrogen-bond donors (Lipinski definition) is 1. The van der Waals surface area contributed by atoms with Crippen molar-refractivity contribution in [1.29, 1.82) is 0 Å². The molecule has 1 unspecified atom stereocenters. The van der Waals surface area contributed by atoms with Gasteiger partial charge in [0.1, 0.15) is 5.69 Å². The predicted octanol–water partition coefficient (Wildman–Crippen LogP) is 3.54. The molecule has 2 aliphatic heterocycles. The average Bonchev–Trinajstić information content (AvgIpc) is 3.15. The van der Waals surface area contributed by atoms with Gasteiger partial charge in [-0.2, -0.15) is 0 Å². The van der Waals surface area contributed by atoms with Crippen LogP contribution in [0.5, 0.6) is 0 Å². The van der Waals surface area contributed by atoms with E-state index in [4.69, 9.17) is 0 Å². The zero-order valence-electron chi connectivity index (χ0n) is 15.8. The molecule has 0 aliphatic carbocycles. The Labute approximate surface area is 158 Å². The van der Waals surface area contributed by atoms with Gasteiger partial charge < -0.3 is 15.1 Å². The van der Waals surface area contributed by atoms with Crippen LogP contribution in [0.15, 0.2) is 12.1 Å². The molecule has 1 aromatic carbocycles. The SMILES string of the molecule is CCCC(=O)N1CCCC(C(=O)Nc2cc(F)c(N3CCCC3)c(F)c2)C1. The Morgan fingerprint density at radius 3 is 2.41 bits per heavy atom. The van der Waals surface area contributed by atoms with Crippen LogP contribution in [-0.4, -0.2) is 42.9 Å². The number of likely N-dealkylation sites (tertiary alicyclic amines) is 1. The number of nitrogens with one attached hydrogen (secondary N) is 1. The molecule has 0 aromatic heterocycles. The summed E-state index contributed by atoms with van der Waals surface area (Å²) in [6.45, 7) is 4.26. The number of amides is 2. The molecule has 0 saturated carbocycles. The predicted molar refractivity (Wildman–Crippen MR) is 101 cm³/mol. The minimum Gasteiger partial charge on any atom is -0.367 e. The third-order valence-corrected chi connectivity index (χ3v) is 5.32. The van der Waals surface area contributed by atoms with Crippen LogP contribution in [0.25, 0.3) is 0 Å². The van der Waals surface area contributed by atoms with Gasteiger partial charge in [-0.1, -0.05) is 6.92 Å². The highest BCUT2D eigenvalue weighted by Gasteiger charge is 2.28. The Morgan fingerprint density at radius 1 is 1.11 bits per heavy atom. The first-order valence-electron chi connectivity index (χ1n) is 9.82. The summed E-state index contributed by atoms with van der Waals surface area (Å²) in [6.07, 6.45) is 4.51. The number of rotatable bonds is 5. The fourth-order valence-electron chi connectivity index (χ4n) is 3.91. The molecule has 2 heterocycles. The van der Waals surface area contributed by atoms with Gasteiger partial charge in [0.15, 0.2) is 11.6 Å². The Balaban J connectivity index is 1.66. The molecule has 2 aliphatic rings. The first kappa shape index (κ1) is 19.6. The first-order valence-corrected chi connectivity index (χ1v) is 9.82. The lowest BCUT2D eigenvalue weighted by Gasteiger charge is -2.32. The highest BCUT2D eigenvalue weighted by molar-refractivity contribution is 5.93. The van der Waals surface area contributed by atoms with E-state index in [-0.39, 0.29) is 29.1 Å². The van der Waals surface area contributed by atoms with Crippen LogP contribution in [0.4, 0.5) is 20.2 Å². The van der Waals surface area contributed by atoms with Crippen molar-refractivity contribution in [3.63, 3.8) is 0 Å². The molecule has 2 saturated heterocycles. The zero-order valence-corrected chi connectivity index (χ0v) is 15.8. The molecule has 1 aromatic rings. The Kier molecular flexibility index (Phi) is 6.29. The Morgan fingerprint density at radius 2 is 1.78 bits per heavy atom. The van der Waals surface area contributed by atoms with Crippen LogP contribution in [0.1, 0.15) is 45.4 Å². The Bertz CT molecular complexity index is 681. The van der Waals surface area contributed by atoms with Crippen LogP contribution in [0.2, 0.25) is 0 Å². The maximum absolute atomic E-state index is 14.4. The molecule has 3 rings (SSSR count). The van der Waals surface area contributed by atoms with Gasteiger partial charge >= 0.3 is 0 Å². The topological polar surface area (TPSA) is 52.7 Å². The highest BCUT2D eigenvalue weighted by atomic mass is 19.1. The third kappa shape index (κ3) is 4.57. The third-order valence-electron chi connectivity index (χ3n) is 5.32. The van der Waals surface area contributed by atoms with E-state index in [1.807, 2.05) is 6.92 Å². The minimum atomic E-state index is -0.657. The number of nitrogens with zero attached hydrogens (tertiary/aromatic N) is 2. The van der Waals surface area contributed by atoms with Gasteiger partial charge in [0.25, 0.3) is 0 Å². The van der Waals surface area contributed by atoms with Crippen molar-refractivity contribution >= 4 is 23.2 Å². The molecule has 2 amide bonds. The van der Waals surface area contributed by atoms with Gasteiger partial charge in [0.05, 0.1) is 5.92 Å². The summed E-state index contributed by atoms with van der Waals surface area (Å²) >= 11 is 0. The van der Waals surface area contributed by atoms with Crippen LogP contribution < -0.4 is 10.2 Å². The van der Waals surface area contributed by atoms with Crippen molar-refractivity contribution in [1.82, 2.24) is 4.90 Å². The summed E-state index contributed by atoms with van der Waals surface area (Å²) in [5.41, 5.74) is 0.106. The fourth-order valence-corrected chi connectivity index (χ4v) is 3.91. The molecule has 1 atom stereocenters. The number of carbonyl (C=O) groups excluding carboxylic acids is 2. The van der Waals surface area contributed by atoms with Crippen molar-refractivity contribution in [2.75, 3.05) is 36.4 Å². The summed E-state index contributed by atoms with van der Waals surface area (Å²) in [5, 5.41) is 2.63. The van der Waals surface area contributed by atoms with E-state index >= 15 is 0 Å². The molecule has 7 heteroatoms. The normalized spacial score (nSPS) is 20.0. The Hall–Kier alpha value is -2.18. The van der Waals surface area contributed by atoms with Crippen molar-refractivity contribution in [3.05, 3.63) is 23.8 Å². The van der Waals surface area contributed by atoms with Crippen molar-refractivity contribution in [2.24, 2.45) is 5.92 Å². The van der Waals surface area contributed by atoms with E-state index in [1.54, 1.807) is 9.80 Å². The number of carbonyl (C=O) groups is 2. The lowest BCUT2D eigenvalue weighted by atomic mass is 9.96. The molecule has 148 valence electrons. The molecule has 27 heavy (non-hydrogen) atoms. The van der Waals surface area contributed by atoms with E-state index in [9.17, 15) is 18.4 Å². The van der Waals surface area contributed by atoms with Crippen LogP contribution >= 0.6 is 0 Å². The first-order chi connectivity index (χ1) is 13.0. The number of benzene rings is 1. The largest absolute Gasteiger partial charge is 0.367 e. The maximum atomic E-state index is 14.4. The molecule has 2 fully saturated rings. The molecule has 0 bridgehead atoms. The lowest BCUT2D eigenvalue weighted by Crippen LogP contribution is -2.43. The average molecular weight is 379 g/mol. The molecular formula is C20H27F2N3O2. The summed E-state index contributed by atoms with van der Waals surface area (Å²) in [6, 6.07) is 2.36. The quantitative estimate of drug-likeness (QED) is 0.851. The molecular weight excluding hydrogens is 352 g/mol. The second-order valence-corrected chi connectivity index (χ2v) is 7.40. The monoisotopic (exact) mass is 379 g/mol. The lowest BCUT2D eigenvalue weighted by molar-refractivity contribution is -0.134. The van der Waals surface area contributed by atoms with Crippen molar-refractivity contribution in [3.8, 4) is 0 Å². The molecule has 5 nitrogen and oxygen atoms in total. The van der Waals surface area contributed by atoms with Gasteiger partial charge in [-0.3, -0.25) is 9.59 Å². The molecule has 0 spiro atoms. The second kappa shape index (κ2) is 8.67. The highest BCUT2D eigenvalue weighted by Crippen LogP contribution is 2.30. The van der Waals surface area contributed by atoms with Gasteiger partial charge in [0.2, 0.25) is 11.8 Å². The molecule has 0 radical (unpaired) electrons. The van der Waals surface area contributed by atoms with E-state index in [0.29, 0.717) is 39.0 Å². The summed E-state index contributed by atoms with van der Waals surface area (Å²) in [5.74, 6) is -1.91. The van der Waals surface area contributed by atoms with Crippen LogP contribution in [0.3, 0.4) is 0 Å². The maximum Gasteiger partial charge on any atom is 0.229 e. The second-order valence-electron chi connectivity index (χ2n) is 7.40. The summed E-state index contributed by atoms with van der Waals surface area (Å²) in [7, 11) is 0. The van der Waals surface area contributed by atoms with Gasteiger partial charge in [-0.05, 0) is 44.2 Å². The number of piperidine rings is 1. The molecule has 1 N–H and O–H groups in total. The number of hydrogen-bond acceptors (Lipinski definition) is 3. The summed E-state index contributed by atoms with van der Waals surface area (Å²) < 4.78 is 28.8. The van der Waals surface area contributed by atoms with Crippen LogP contribution in [-0.2, 0) is 9.59 Å². The van der Waals surface area contributed by atoms with Crippen molar-refractivity contribution < 1.29 is 18.4 Å². The van der Waals surface area contributed by atoms with Gasteiger partial charge in [0, 0.05) is 38.3 Å². The van der Waals surface area contributed by atoms with E-state index in [0.717, 1.165) is 25.7 Å². The van der Waals surface area contributed by atoms with E-state index < -0.39 is 11.6 Å². The standard InChI is InChI=1S/C20H27F2N3O2/c1-2-6-18(26)25-10-5-7-14(13-25)20(27)23-15-11-16(21)19(17(22)12-15)24-8-3-4-9-24/h11-12,14H,2-10,13H2,1H3,(H,23,27). The number of anilines is 2. The van der Waals surface area contributed by atoms with Gasteiger partial charge in [-0.25, -0.2) is 8.78 Å². The smallest absolute Gasteiger partial charge is 0.229 e. The number of halogens is 2. The van der Waals surface area contributed by atoms with E-state index in [1.165, 1.54) is 12.1 Å².